The van der Waals surface area contributed by atoms with Gasteiger partial charge in [0.2, 0.25) is 5.75 Å². The van der Waals surface area contributed by atoms with Gasteiger partial charge in [-0.05, 0) is 49.1 Å². The highest BCUT2D eigenvalue weighted by Gasteiger charge is 2.25. The quantitative estimate of drug-likeness (QED) is 0.100. The number of non-ortho nitro benzene ring substituents is 1. The molecule has 216 valence electrons. The van der Waals surface area contributed by atoms with Crippen molar-refractivity contribution in [2.75, 3.05) is 0 Å². The van der Waals surface area contributed by atoms with E-state index in [4.69, 9.17) is 18.9 Å². The van der Waals surface area contributed by atoms with Crippen LogP contribution in [0, 0.1) is 10.1 Å². The van der Waals surface area contributed by atoms with Crippen molar-refractivity contribution in [2.24, 2.45) is 0 Å². The zero-order valence-corrected chi connectivity index (χ0v) is 23.1. The SMILES string of the molecule is CCCCC(=O)Oc1cc(C(=O)OCc2ccc([N+](=O)[O-])cc2)cc(OC(=O)CCCC)c1OC(=O)CCCC. The summed E-state index contributed by atoms with van der Waals surface area (Å²) in [6, 6.07) is 7.85. The van der Waals surface area contributed by atoms with Gasteiger partial charge in [0.05, 0.1) is 10.5 Å². The number of carbonyl (C=O) groups excluding carboxylic acids is 4. The number of esters is 4. The minimum atomic E-state index is -0.848. The Morgan fingerprint density at radius 2 is 1.18 bits per heavy atom. The summed E-state index contributed by atoms with van der Waals surface area (Å²) in [5, 5.41) is 10.9. The predicted octanol–water partition coefficient (Wildman–Crippen LogP) is 6.24. The highest BCUT2D eigenvalue weighted by atomic mass is 16.6. The molecule has 0 unspecified atom stereocenters. The molecule has 0 heterocycles. The molecule has 40 heavy (non-hydrogen) atoms. The number of nitro benzene ring substituents is 1. The van der Waals surface area contributed by atoms with Gasteiger partial charge in [0, 0.05) is 31.4 Å². The molecule has 0 spiro atoms. The first kappa shape index (κ1) is 31.9. The number of carbonyl (C=O) groups is 4. The molecule has 2 aromatic rings. The number of hydrogen-bond donors (Lipinski definition) is 0. The molecule has 2 rings (SSSR count). The second kappa shape index (κ2) is 16.6. The van der Waals surface area contributed by atoms with Crippen molar-refractivity contribution in [3.63, 3.8) is 0 Å². The largest absolute Gasteiger partial charge is 0.457 e. The molecule has 0 saturated heterocycles. The average Bonchev–Trinajstić information content (AvgIpc) is 2.94. The summed E-state index contributed by atoms with van der Waals surface area (Å²) in [5.74, 6) is -3.49. The van der Waals surface area contributed by atoms with Crippen LogP contribution in [0.25, 0.3) is 0 Å². The van der Waals surface area contributed by atoms with E-state index in [-0.39, 0.29) is 54.4 Å². The van der Waals surface area contributed by atoms with Crippen LogP contribution in [0.4, 0.5) is 5.69 Å². The fraction of sp³-hybridized carbons (Fsp3) is 0.448. The molecule has 0 radical (unpaired) electrons. The van der Waals surface area contributed by atoms with Crippen molar-refractivity contribution in [2.45, 2.75) is 85.2 Å². The van der Waals surface area contributed by atoms with Crippen molar-refractivity contribution in [1.29, 1.82) is 0 Å². The molecule has 0 aliphatic carbocycles. The zero-order chi connectivity index (χ0) is 29.5. The average molecular weight is 558 g/mol. The molecule has 0 aliphatic heterocycles. The minimum absolute atomic E-state index is 0.0835. The molecule has 0 aliphatic rings. The number of rotatable bonds is 16. The summed E-state index contributed by atoms with van der Waals surface area (Å²) < 4.78 is 21.8. The van der Waals surface area contributed by atoms with Crippen molar-refractivity contribution >= 4 is 29.6 Å². The number of nitrogens with zero attached hydrogens (tertiary/aromatic N) is 1. The van der Waals surface area contributed by atoms with Gasteiger partial charge in [-0.25, -0.2) is 4.79 Å². The van der Waals surface area contributed by atoms with Gasteiger partial charge < -0.3 is 18.9 Å². The number of nitro groups is 1. The maximum atomic E-state index is 13.0. The van der Waals surface area contributed by atoms with Crippen LogP contribution in [0.5, 0.6) is 17.2 Å². The summed E-state index contributed by atoms with van der Waals surface area (Å²) in [7, 11) is 0. The van der Waals surface area contributed by atoms with E-state index in [2.05, 4.69) is 0 Å². The second-order valence-corrected chi connectivity index (χ2v) is 9.03. The molecular weight excluding hydrogens is 522 g/mol. The first-order valence-electron chi connectivity index (χ1n) is 13.4. The van der Waals surface area contributed by atoms with Crippen molar-refractivity contribution in [1.82, 2.24) is 0 Å². The maximum Gasteiger partial charge on any atom is 0.338 e. The molecule has 0 atom stereocenters. The Kier molecular flexibility index (Phi) is 13.3. The van der Waals surface area contributed by atoms with Crippen LogP contribution in [0.2, 0.25) is 0 Å². The first-order valence-corrected chi connectivity index (χ1v) is 13.4. The van der Waals surface area contributed by atoms with Crippen LogP contribution in [0.15, 0.2) is 36.4 Å². The number of unbranched alkanes of at least 4 members (excludes halogenated alkanes) is 3. The lowest BCUT2D eigenvalue weighted by Crippen LogP contribution is -2.16. The molecule has 0 aromatic heterocycles. The molecule has 0 bridgehead atoms. The maximum absolute atomic E-state index is 13.0. The van der Waals surface area contributed by atoms with Crippen LogP contribution in [-0.4, -0.2) is 28.8 Å². The summed E-state index contributed by atoms with van der Waals surface area (Å²) in [6.07, 6.45) is 4.14. The minimum Gasteiger partial charge on any atom is -0.457 e. The Bertz CT molecular complexity index is 1150. The smallest absolute Gasteiger partial charge is 0.338 e. The summed E-state index contributed by atoms with van der Waals surface area (Å²) >= 11 is 0. The molecule has 11 heteroatoms. The second-order valence-electron chi connectivity index (χ2n) is 9.03. The molecule has 2 aromatic carbocycles. The van der Waals surface area contributed by atoms with Gasteiger partial charge in [0.1, 0.15) is 6.61 Å². The monoisotopic (exact) mass is 557 g/mol. The molecule has 0 fully saturated rings. The van der Waals surface area contributed by atoms with E-state index in [9.17, 15) is 29.3 Å². The van der Waals surface area contributed by atoms with Gasteiger partial charge in [-0.15, -0.1) is 0 Å². The highest BCUT2D eigenvalue weighted by Crippen LogP contribution is 2.40. The summed E-state index contributed by atoms with van der Waals surface area (Å²) in [4.78, 5) is 60.8. The standard InChI is InChI=1S/C29H35NO10/c1-4-7-10-25(31)38-23-17-21(29(34)37-19-20-13-15-22(16-14-20)30(35)36)18-24(39-26(32)11-8-5-2)28(23)40-27(33)12-9-6-3/h13-18H,4-12,19H2,1-3H3. The number of hydrogen-bond acceptors (Lipinski definition) is 10. The van der Waals surface area contributed by atoms with Gasteiger partial charge in [-0.1, -0.05) is 40.0 Å². The third-order valence-corrected chi connectivity index (χ3v) is 5.64. The van der Waals surface area contributed by atoms with Crippen LogP contribution < -0.4 is 14.2 Å². The first-order chi connectivity index (χ1) is 19.2. The van der Waals surface area contributed by atoms with Crippen LogP contribution in [-0.2, 0) is 25.7 Å². The van der Waals surface area contributed by atoms with E-state index in [1.165, 1.54) is 36.4 Å². The van der Waals surface area contributed by atoms with Crippen LogP contribution in [0.1, 0.15) is 94.5 Å². The van der Waals surface area contributed by atoms with E-state index < -0.39 is 28.8 Å². The normalized spacial score (nSPS) is 10.5. The van der Waals surface area contributed by atoms with E-state index in [0.717, 1.165) is 19.3 Å². The fourth-order valence-corrected chi connectivity index (χ4v) is 3.37. The molecule has 11 nitrogen and oxygen atoms in total. The Morgan fingerprint density at radius 3 is 1.60 bits per heavy atom. The lowest BCUT2D eigenvalue weighted by Gasteiger charge is -2.16. The number of benzene rings is 2. The van der Waals surface area contributed by atoms with Gasteiger partial charge in [0.25, 0.3) is 5.69 Å². The van der Waals surface area contributed by atoms with Gasteiger partial charge in [0.15, 0.2) is 11.5 Å². The van der Waals surface area contributed by atoms with Crippen molar-refractivity contribution < 1.29 is 43.0 Å². The Labute approximate surface area is 232 Å². The summed E-state index contributed by atoms with van der Waals surface area (Å²) in [6.45, 7) is 5.52. The van der Waals surface area contributed by atoms with Gasteiger partial charge >= 0.3 is 23.9 Å². The molecular formula is C29H35NO10. The van der Waals surface area contributed by atoms with Crippen LogP contribution >= 0.6 is 0 Å². The Morgan fingerprint density at radius 1 is 0.725 bits per heavy atom. The van der Waals surface area contributed by atoms with E-state index >= 15 is 0 Å². The zero-order valence-electron chi connectivity index (χ0n) is 23.1. The van der Waals surface area contributed by atoms with Gasteiger partial charge in [-0.3, -0.25) is 24.5 Å². The number of ether oxygens (including phenoxy) is 4. The Balaban J connectivity index is 2.42. The van der Waals surface area contributed by atoms with E-state index in [0.29, 0.717) is 24.8 Å². The fourth-order valence-electron chi connectivity index (χ4n) is 3.37. The Hall–Kier alpha value is -4.28. The lowest BCUT2D eigenvalue weighted by molar-refractivity contribution is -0.384. The lowest BCUT2D eigenvalue weighted by atomic mass is 10.1. The molecule has 0 N–H and O–H groups in total. The van der Waals surface area contributed by atoms with E-state index in [1.54, 1.807) is 0 Å². The third-order valence-electron chi connectivity index (χ3n) is 5.64. The third kappa shape index (κ3) is 10.5. The molecule has 0 amide bonds. The van der Waals surface area contributed by atoms with Crippen molar-refractivity contribution in [3.05, 3.63) is 57.6 Å². The van der Waals surface area contributed by atoms with Gasteiger partial charge in [-0.2, -0.15) is 0 Å². The molecule has 0 saturated carbocycles. The van der Waals surface area contributed by atoms with Crippen molar-refractivity contribution in [3.8, 4) is 17.2 Å². The van der Waals surface area contributed by atoms with Crippen LogP contribution in [0.3, 0.4) is 0 Å². The topological polar surface area (TPSA) is 148 Å². The summed E-state index contributed by atoms with van der Waals surface area (Å²) in [5.41, 5.74) is 0.271. The highest BCUT2D eigenvalue weighted by molar-refractivity contribution is 5.92. The van der Waals surface area contributed by atoms with E-state index in [1.807, 2.05) is 20.8 Å². The predicted molar refractivity (Wildman–Crippen MR) is 144 cm³/mol.